The minimum absolute atomic E-state index is 0.244. The van der Waals surface area contributed by atoms with Crippen LogP contribution in [0.4, 0.5) is 5.69 Å². The zero-order valence-electron chi connectivity index (χ0n) is 11.7. The molecule has 0 bridgehead atoms. The van der Waals surface area contributed by atoms with Gasteiger partial charge < -0.3 is 10.6 Å². The standard InChI is InChI=1S/C14H20N2O2S/c1-8-5-9(2)13(10(3)6-8)16-14(18)12(7-19)15-11(4)17/h5-6,12,19H,7H2,1-4H3,(H,15,17)(H,16,18). The molecular weight excluding hydrogens is 260 g/mol. The maximum absolute atomic E-state index is 12.1. The summed E-state index contributed by atoms with van der Waals surface area (Å²) in [5, 5.41) is 5.43. The molecule has 0 aliphatic carbocycles. The highest BCUT2D eigenvalue weighted by molar-refractivity contribution is 7.80. The molecule has 1 atom stereocenters. The third-order valence-electron chi connectivity index (χ3n) is 2.80. The number of carbonyl (C=O) groups is 2. The van der Waals surface area contributed by atoms with E-state index in [1.807, 2.05) is 32.9 Å². The van der Waals surface area contributed by atoms with Gasteiger partial charge in [-0.25, -0.2) is 0 Å². The molecule has 1 aromatic rings. The second-order valence-electron chi connectivity index (χ2n) is 4.70. The van der Waals surface area contributed by atoms with Crippen LogP contribution in [0.2, 0.25) is 0 Å². The van der Waals surface area contributed by atoms with Gasteiger partial charge in [0, 0.05) is 18.4 Å². The fraction of sp³-hybridized carbons (Fsp3) is 0.429. The van der Waals surface area contributed by atoms with Crippen LogP contribution in [0.1, 0.15) is 23.6 Å². The van der Waals surface area contributed by atoms with Crippen LogP contribution in [0.25, 0.3) is 0 Å². The smallest absolute Gasteiger partial charge is 0.247 e. The fourth-order valence-corrected chi connectivity index (χ4v) is 2.28. The minimum Gasteiger partial charge on any atom is -0.344 e. The zero-order chi connectivity index (χ0) is 14.6. The summed E-state index contributed by atoms with van der Waals surface area (Å²) in [4.78, 5) is 23.1. The van der Waals surface area contributed by atoms with E-state index < -0.39 is 6.04 Å². The van der Waals surface area contributed by atoms with Crippen molar-refractivity contribution in [3.63, 3.8) is 0 Å². The molecule has 0 aliphatic rings. The Balaban J connectivity index is 2.90. The van der Waals surface area contributed by atoms with E-state index in [0.29, 0.717) is 0 Å². The van der Waals surface area contributed by atoms with Crippen molar-refractivity contribution in [3.8, 4) is 0 Å². The molecule has 0 saturated heterocycles. The maximum Gasteiger partial charge on any atom is 0.247 e. The van der Waals surface area contributed by atoms with Gasteiger partial charge in [0.2, 0.25) is 11.8 Å². The van der Waals surface area contributed by atoms with E-state index in [2.05, 4.69) is 23.3 Å². The lowest BCUT2D eigenvalue weighted by Crippen LogP contribution is -2.44. The largest absolute Gasteiger partial charge is 0.344 e. The van der Waals surface area contributed by atoms with Gasteiger partial charge in [-0.3, -0.25) is 9.59 Å². The van der Waals surface area contributed by atoms with Gasteiger partial charge in [0.05, 0.1) is 0 Å². The summed E-state index contributed by atoms with van der Waals surface area (Å²) in [5.41, 5.74) is 3.96. The molecule has 2 amide bonds. The number of amides is 2. The highest BCUT2D eigenvalue weighted by atomic mass is 32.1. The first-order valence-corrected chi connectivity index (χ1v) is 6.75. The summed E-state index contributed by atoms with van der Waals surface area (Å²) >= 11 is 4.09. The Morgan fingerprint density at radius 2 is 1.74 bits per heavy atom. The third kappa shape index (κ3) is 4.28. The van der Waals surface area contributed by atoms with Crippen LogP contribution in [0.3, 0.4) is 0 Å². The van der Waals surface area contributed by atoms with Crippen LogP contribution in [0, 0.1) is 20.8 Å². The maximum atomic E-state index is 12.1. The summed E-state index contributed by atoms with van der Waals surface area (Å²) in [6.07, 6.45) is 0. The van der Waals surface area contributed by atoms with Crippen LogP contribution in [-0.2, 0) is 9.59 Å². The molecule has 19 heavy (non-hydrogen) atoms. The first-order chi connectivity index (χ1) is 8.85. The summed E-state index contributed by atoms with van der Waals surface area (Å²) in [6.45, 7) is 7.29. The molecule has 0 fully saturated rings. The Labute approximate surface area is 119 Å². The molecule has 0 saturated carbocycles. The van der Waals surface area contributed by atoms with Crippen molar-refractivity contribution in [1.29, 1.82) is 0 Å². The number of thiol groups is 1. The van der Waals surface area contributed by atoms with E-state index in [9.17, 15) is 9.59 Å². The monoisotopic (exact) mass is 280 g/mol. The number of nitrogens with one attached hydrogen (secondary N) is 2. The van der Waals surface area contributed by atoms with Crippen molar-refractivity contribution < 1.29 is 9.59 Å². The topological polar surface area (TPSA) is 58.2 Å². The molecule has 2 N–H and O–H groups in total. The van der Waals surface area contributed by atoms with Crippen molar-refractivity contribution in [2.24, 2.45) is 0 Å². The summed E-state index contributed by atoms with van der Waals surface area (Å²) in [5.74, 6) is -0.234. The number of anilines is 1. The van der Waals surface area contributed by atoms with Crippen LogP contribution >= 0.6 is 12.6 Å². The second kappa shape index (κ2) is 6.61. The van der Waals surface area contributed by atoms with Gasteiger partial charge in [-0.05, 0) is 31.9 Å². The Morgan fingerprint density at radius 3 is 2.16 bits per heavy atom. The SMILES string of the molecule is CC(=O)NC(CS)C(=O)Nc1c(C)cc(C)cc1C. The van der Waals surface area contributed by atoms with E-state index in [1.165, 1.54) is 6.92 Å². The molecular formula is C14H20N2O2S. The van der Waals surface area contributed by atoms with Crippen molar-refractivity contribution in [2.45, 2.75) is 33.7 Å². The number of hydrogen-bond acceptors (Lipinski definition) is 3. The fourth-order valence-electron chi connectivity index (χ4n) is 2.03. The second-order valence-corrected chi connectivity index (χ2v) is 5.06. The first kappa shape index (κ1) is 15.6. The molecule has 5 heteroatoms. The predicted octanol–water partition coefficient (Wildman–Crippen LogP) is 1.98. The minimum atomic E-state index is -0.624. The number of rotatable bonds is 4. The molecule has 0 spiro atoms. The van der Waals surface area contributed by atoms with Gasteiger partial charge in [0.1, 0.15) is 6.04 Å². The van der Waals surface area contributed by atoms with Crippen molar-refractivity contribution in [1.82, 2.24) is 5.32 Å². The Kier molecular flexibility index (Phi) is 5.42. The quantitative estimate of drug-likeness (QED) is 0.739. The highest BCUT2D eigenvalue weighted by Gasteiger charge is 2.19. The van der Waals surface area contributed by atoms with Gasteiger partial charge in [-0.15, -0.1) is 0 Å². The number of benzene rings is 1. The zero-order valence-corrected chi connectivity index (χ0v) is 12.6. The van der Waals surface area contributed by atoms with Crippen LogP contribution in [-0.4, -0.2) is 23.6 Å². The summed E-state index contributed by atoms with van der Waals surface area (Å²) in [6, 6.07) is 3.40. The van der Waals surface area contributed by atoms with Crippen LogP contribution in [0.15, 0.2) is 12.1 Å². The normalized spacial score (nSPS) is 11.8. The van der Waals surface area contributed by atoms with Crippen LogP contribution in [0.5, 0.6) is 0 Å². The predicted molar refractivity (Wildman–Crippen MR) is 80.7 cm³/mol. The lowest BCUT2D eigenvalue weighted by atomic mass is 10.0. The highest BCUT2D eigenvalue weighted by Crippen LogP contribution is 2.22. The molecule has 4 nitrogen and oxygen atoms in total. The molecule has 1 rings (SSSR count). The molecule has 1 unspecified atom stereocenters. The lowest BCUT2D eigenvalue weighted by molar-refractivity contribution is -0.124. The average molecular weight is 280 g/mol. The average Bonchev–Trinajstić information content (AvgIpc) is 2.30. The van der Waals surface area contributed by atoms with Crippen molar-refractivity contribution in [2.75, 3.05) is 11.1 Å². The summed E-state index contributed by atoms with van der Waals surface area (Å²) < 4.78 is 0. The molecule has 0 aliphatic heterocycles. The molecule has 0 heterocycles. The lowest BCUT2D eigenvalue weighted by Gasteiger charge is -2.18. The number of carbonyl (C=O) groups excluding carboxylic acids is 2. The molecule has 0 aromatic heterocycles. The number of hydrogen-bond donors (Lipinski definition) is 3. The molecule has 1 aromatic carbocycles. The Morgan fingerprint density at radius 1 is 1.21 bits per heavy atom. The van der Waals surface area contributed by atoms with E-state index in [-0.39, 0.29) is 17.6 Å². The van der Waals surface area contributed by atoms with Crippen molar-refractivity contribution in [3.05, 3.63) is 28.8 Å². The van der Waals surface area contributed by atoms with Gasteiger partial charge in [-0.1, -0.05) is 17.7 Å². The van der Waals surface area contributed by atoms with E-state index in [4.69, 9.17) is 0 Å². The van der Waals surface area contributed by atoms with Gasteiger partial charge in [0.15, 0.2) is 0 Å². The Hall–Kier alpha value is -1.49. The van der Waals surface area contributed by atoms with Crippen LogP contribution < -0.4 is 10.6 Å². The van der Waals surface area contributed by atoms with E-state index >= 15 is 0 Å². The van der Waals surface area contributed by atoms with Gasteiger partial charge in [-0.2, -0.15) is 12.6 Å². The Bertz CT molecular complexity index is 477. The van der Waals surface area contributed by atoms with Crippen molar-refractivity contribution >= 4 is 30.1 Å². The van der Waals surface area contributed by atoms with Gasteiger partial charge in [0.25, 0.3) is 0 Å². The first-order valence-electron chi connectivity index (χ1n) is 6.11. The van der Waals surface area contributed by atoms with Gasteiger partial charge >= 0.3 is 0 Å². The summed E-state index contributed by atoms with van der Waals surface area (Å²) in [7, 11) is 0. The number of aryl methyl sites for hydroxylation is 3. The van der Waals surface area contributed by atoms with E-state index in [1.54, 1.807) is 0 Å². The molecule has 0 radical (unpaired) electrons. The third-order valence-corrected chi connectivity index (χ3v) is 3.17. The molecule has 104 valence electrons. The van der Waals surface area contributed by atoms with E-state index in [0.717, 1.165) is 22.4 Å².